The Morgan fingerprint density at radius 2 is 1.55 bits per heavy atom. The van der Waals surface area contributed by atoms with E-state index >= 15 is 0 Å². The largest absolute Gasteiger partial charge is 0.465 e. The highest BCUT2D eigenvalue weighted by Gasteiger charge is 2.27. The quantitative estimate of drug-likeness (QED) is 0.527. The first kappa shape index (κ1) is 22.5. The molecule has 1 aliphatic carbocycles. The van der Waals surface area contributed by atoms with E-state index in [1.54, 1.807) is 12.1 Å². The van der Waals surface area contributed by atoms with Crippen molar-refractivity contribution in [3.05, 3.63) is 76.6 Å². The van der Waals surface area contributed by atoms with Crippen LogP contribution in [0, 0.1) is 0 Å². The van der Waals surface area contributed by atoms with E-state index in [1.165, 1.54) is 7.11 Å². The molecule has 7 heteroatoms. The first-order chi connectivity index (χ1) is 16.1. The highest BCUT2D eigenvalue weighted by molar-refractivity contribution is 6.00. The number of hydrogen-bond acceptors (Lipinski definition) is 6. The third kappa shape index (κ3) is 5.03. The van der Waals surface area contributed by atoms with Crippen molar-refractivity contribution in [3.8, 4) is 22.4 Å². The lowest BCUT2D eigenvalue weighted by Gasteiger charge is -2.22. The van der Waals surface area contributed by atoms with Crippen LogP contribution in [-0.4, -0.2) is 34.9 Å². The van der Waals surface area contributed by atoms with Crippen LogP contribution in [0.5, 0.6) is 0 Å². The molecule has 33 heavy (non-hydrogen) atoms. The summed E-state index contributed by atoms with van der Waals surface area (Å²) in [5.74, 6) is -1.33. The summed E-state index contributed by atoms with van der Waals surface area (Å²) < 4.78 is 11.5. The molecule has 170 valence electrons. The summed E-state index contributed by atoms with van der Waals surface area (Å²) in [6.07, 6.45) is 4.69. The van der Waals surface area contributed by atoms with Gasteiger partial charge in [0.1, 0.15) is 18.2 Å². The number of benzene rings is 2. The zero-order chi connectivity index (χ0) is 23.2. The Hall–Kier alpha value is -3.74. The summed E-state index contributed by atoms with van der Waals surface area (Å²) in [6, 6.07) is 18.3. The van der Waals surface area contributed by atoms with Crippen molar-refractivity contribution < 1.29 is 19.1 Å². The van der Waals surface area contributed by atoms with E-state index in [2.05, 4.69) is 5.10 Å². The Balaban J connectivity index is 1.84. The summed E-state index contributed by atoms with van der Waals surface area (Å²) in [6.45, 7) is -0.381. The predicted octanol–water partition coefficient (Wildman–Crippen LogP) is 4.24. The number of rotatable bonds is 6. The molecular formula is C26H26N2O5. The zero-order valence-electron chi connectivity index (χ0n) is 18.5. The molecule has 1 fully saturated rings. The Kier molecular flexibility index (Phi) is 6.98. The van der Waals surface area contributed by atoms with Gasteiger partial charge in [-0.05, 0) is 31.2 Å². The monoisotopic (exact) mass is 446 g/mol. The Morgan fingerprint density at radius 3 is 2.15 bits per heavy atom. The molecule has 1 saturated carbocycles. The van der Waals surface area contributed by atoms with Crippen LogP contribution in [0.3, 0.4) is 0 Å². The second kappa shape index (κ2) is 10.3. The second-order valence-electron chi connectivity index (χ2n) is 8.03. The van der Waals surface area contributed by atoms with Gasteiger partial charge in [0.15, 0.2) is 0 Å². The van der Waals surface area contributed by atoms with Gasteiger partial charge in [-0.2, -0.15) is 5.10 Å². The molecule has 4 rings (SSSR count). The molecule has 2 aromatic carbocycles. The van der Waals surface area contributed by atoms with Gasteiger partial charge in [-0.25, -0.2) is 9.48 Å². The average Bonchev–Trinajstić information content (AvgIpc) is 2.86. The molecular weight excluding hydrogens is 420 g/mol. The Morgan fingerprint density at radius 1 is 0.939 bits per heavy atom. The second-order valence-corrected chi connectivity index (χ2v) is 8.03. The van der Waals surface area contributed by atoms with Crippen molar-refractivity contribution in [3.63, 3.8) is 0 Å². The summed E-state index contributed by atoms with van der Waals surface area (Å²) in [4.78, 5) is 38.8. The van der Waals surface area contributed by atoms with Gasteiger partial charge in [0.25, 0.3) is 5.56 Å². The van der Waals surface area contributed by atoms with Crippen molar-refractivity contribution in [2.45, 2.75) is 44.8 Å². The summed E-state index contributed by atoms with van der Waals surface area (Å²) in [5, 5.41) is 4.52. The van der Waals surface area contributed by atoms with Gasteiger partial charge in [-0.1, -0.05) is 67.1 Å². The lowest BCUT2D eigenvalue weighted by Crippen LogP contribution is -2.34. The van der Waals surface area contributed by atoms with Crippen LogP contribution >= 0.6 is 0 Å². The van der Waals surface area contributed by atoms with Crippen molar-refractivity contribution in [1.82, 2.24) is 9.78 Å². The van der Waals surface area contributed by atoms with Crippen molar-refractivity contribution >= 4 is 11.9 Å². The zero-order valence-corrected chi connectivity index (χ0v) is 18.5. The van der Waals surface area contributed by atoms with Crippen molar-refractivity contribution in [2.24, 2.45) is 0 Å². The fourth-order valence-corrected chi connectivity index (χ4v) is 4.18. The van der Waals surface area contributed by atoms with Gasteiger partial charge >= 0.3 is 11.9 Å². The minimum absolute atomic E-state index is 0.140. The Bertz CT molecular complexity index is 1180. The van der Waals surface area contributed by atoms with Gasteiger partial charge < -0.3 is 9.47 Å². The van der Waals surface area contributed by atoms with Crippen LogP contribution in [0.1, 0.15) is 42.5 Å². The number of esters is 2. The average molecular weight is 447 g/mol. The van der Waals surface area contributed by atoms with Gasteiger partial charge in [0.05, 0.1) is 12.8 Å². The summed E-state index contributed by atoms with van der Waals surface area (Å²) in [5.41, 5.74) is 1.28. The molecule has 0 spiro atoms. The number of methoxy groups -OCH3 is 1. The SMILES string of the molecule is COC(=O)c1c(-c2ccccc2)c(-c2ccccc2)nn(CC(=O)OC2CCCCC2)c1=O. The number of hydrogen-bond donors (Lipinski definition) is 0. The van der Waals surface area contributed by atoms with Crippen molar-refractivity contribution in [2.75, 3.05) is 7.11 Å². The topological polar surface area (TPSA) is 87.5 Å². The molecule has 0 unspecified atom stereocenters. The lowest BCUT2D eigenvalue weighted by molar-refractivity contribution is -0.151. The van der Waals surface area contributed by atoms with E-state index < -0.39 is 17.5 Å². The van der Waals surface area contributed by atoms with Crippen LogP contribution in [-0.2, 0) is 20.8 Å². The Labute approximate surface area is 192 Å². The number of aromatic nitrogens is 2. The van der Waals surface area contributed by atoms with Crippen LogP contribution < -0.4 is 5.56 Å². The van der Waals surface area contributed by atoms with E-state index in [4.69, 9.17) is 9.47 Å². The van der Waals surface area contributed by atoms with Crippen LogP contribution in [0.4, 0.5) is 0 Å². The number of carbonyl (C=O) groups is 2. The van der Waals surface area contributed by atoms with Gasteiger partial charge in [-0.15, -0.1) is 0 Å². The third-order valence-electron chi connectivity index (χ3n) is 5.78. The van der Waals surface area contributed by atoms with Crippen molar-refractivity contribution in [1.29, 1.82) is 0 Å². The molecule has 0 saturated heterocycles. The molecule has 3 aromatic rings. The first-order valence-corrected chi connectivity index (χ1v) is 11.1. The first-order valence-electron chi connectivity index (χ1n) is 11.1. The van der Waals surface area contributed by atoms with E-state index in [1.807, 2.05) is 48.5 Å². The van der Waals surface area contributed by atoms with E-state index in [0.29, 0.717) is 22.4 Å². The molecule has 0 radical (unpaired) electrons. The maximum Gasteiger partial charge on any atom is 0.344 e. The maximum atomic E-state index is 13.4. The van der Waals surface area contributed by atoms with Crippen LogP contribution in [0.15, 0.2) is 65.5 Å². The minimum Gasteiger partial charge on any atom is -0.465 e. The molecule has 1 aromatic heterocycles. The van der Waals surface area contributed by atoms with Crippen LogP contribution in [0.25, 0.3) is 22.4 Å². The summed E-state index contributed by atoms with van der Waals surface area (Å²) >= 11 is 0. The lowest BCUT2D eigenvalue weighted by atomic mass is 9.95. The molecule has 7 nitrogen and oxygen atoms in total. The molecule has 1 heterocycles. The van der Waals surface area contributed by atoms with Gasteiger partial charge in [-0.3, -0.25) is 9.59 Å². The van der Waals surface area contributed by atoms with E-state index in [0.717, 1.165) is 36.8 Å². The fraction of sp³-hybridized carbons (Fsp3) is 0.308. The number of carbonyl (C=O) groups excluding carboxylic acids is 2. The molecule has 0 aliphatic heterocycles. The van der Waals surface area contributed by atoms with E-state index in [-0.39, 0.29) is 18.2 Å². The van der Waals surface area contributed by atoms with Gasteiger partial charge in [0, 0.05) is 11.1 Å². The number of nitrogens with zero attached hydrogens (tertiary/aromatic N) is 2. The van der Waals surface area contributed by atoms with E-state index in [9.17, 15) is 14.4 Å². The molecule has 1 aliphatic rings. The highest BCUT2D eigenvalue weighted by Crippen LogP contribution is 2.32. The third-order valence-corrected chi connectivity index (χ3v) is 5.78. The molecule has 0 bridgehead atoms. The number of ether oxygens (including phenoxy) is 2. The molecule has 0 amide bonds. The smallest absolute Gasteiger partial charge is 0.344 e. The normalized spacial score (nSPS) is 14.0. The minimum atomic E-state index is -0.784. The molecule has 0 N–H and O–H groups in total. The molecule has 0 atom stereocenters. The standard InChI is InChI=1S/C26H26N2O5/c1-32-26(31)23-22(18-11-5-2-6-12-18)24(19-13-7-3-8-14-19)27-28(25(23)30)17-21(29)33-20-15-9-4-10-16-20/h2-3,5-8,11-14,20H,4,9-10,15-17H2,1H3. The predicted molar refractivity (Wildman–Crippen MR) is 124 cm³/mol. The highest BCUT2D eigenvalue weighted by atomic mass is 16.5. The van der Waals surface area contributed by atoms with Gasteiger partial charge in [0.2, 0.25) is 0 Å². The van der Waals surface area contributed by atoms with Crippen LogP contribution in [0.2, 0.25) is 0 Å². The fourth-order valence-electron chi connectivity index (χ4n) is 4.18. The summed E-state index contributed by atoms with van der Waals surface area (Å²) in [7, 11) is 1.22. The maximum absolute atomic E-state index is 13.4.